The van der Waals surface area contributed by atoms with Crippen molar-refractivity contribution in [1.29, 1.82) is 0 Å². The van der Waals surface area contributed by atoms with Gasteiger partial charge in [-0.1, -0.05) is 35.9 Å². The van der Waals surface area contributed by atoms with Gasteiger partial charge in [-0.05, 0) is 23.8 Å². The predicted octanol–water partition coefficient (Wildman–Crippen LogP) is 3.39. The molecule has 0 atom stereocenters. The van der Waals surface area contributed by atoms with Crippen LogP contribution in [-0.4, -0.2) is 4.98 Å². The molecule has 0 fully saturated rings. The summed E-state index contributed by atoms with van der Waals surface area (Å²) in [6.45, 7) is 2.09. The molecule has 2 aromatic carbocycles. The van der Waals surface area contributed by atoms with Gasteiger partial charge in [-0.3, -0.25) is 0 Å². The fourth-order valence-electron chi connectivity index (χ4n) is 1.94. The van der Waals surface area contributed by atoms with E-state index >= 15 is 0 Å². The van der Waals surface area contributed by atoms with Gasteiger partial charge in [0.15, 0.2) is 5.76 Å². The van der Waals surface area contributed by atoms with Gasteiger partial charge in [-0.25, -0.2) is 4.98 Å². The number of aryl methyl sites for hydroxylation is 1. The van der Waals surface area contributed by atoms with Gasteiger partial charge in [-0.15, -0.1) is 0 Å². The largest absolute Gasteiger partial charge is 0.424 e. The van der Waals surface area contributed by atoms with Crippen LogP contribution in [0, 0.1) is 6.92 Å². The molecule has 0 spiro atoms. The highest BCUT2D eigenvalue weighted by molar-refractivity contribution is 5.87. The van der Waals surface area contributed by atoms with Crippen molar-refractivity contribution >= 4 is 16.8 Å². The third kappa shape index (κ3) is 1.76. The number of nitrogens with two attached hydrogens (primary N) is 1. The zero-order chi connectivity index (χ0) is 11.8. The maximum absolute atomic E-state index is 5.47. The molecule has 0 aliphatic rings. The molecular weight excluding hydrogens is 212 g/mol. The average molecular weight is 224 g/mol. The molecular formula is C14H12N2O. The van der Waals surface area contributed by atoms with Crippen molar-refractivity contribution in [3.63, 3.8) is 0 Å². The van der Waals surface area contributed by atoms with Crippen LogP contribution in [0.25, 0.3) is 22.1 Å². The number of nitrogens with zero attached hydrogens (tertiary/aromatic N) is 1. The Morgan fingerprint density at radius 2 is 1.82 bits per heavy atom. The van der Waals surface area contributed by atoms with Crippen LogP contribution in [0.15, 0.2) is 47.0 Å². The Hall–Kier alpha value is -2.29. The molecule has 0 aliphatic heterocycles. The number of fused-ring (bicyclic) bond motifs is 1. The number of nitrogen functional groups attached to an aromatic ring is 1. The summed E-state index contributed by atoms with van der Waals surface area (Å²) in [5.41, 5.74) is 7.72. The lowest BCUT2D eigenvalue weighted by Gasteiger charge is -2.02. The normalized spacial score (nSPS) is 10.9. The lowest BCUT2D eigenvalue weighted by atomic mass is 10.0. The first-order valence-electron chi connectivity index (χ1n) is 5.44. The Kier molecular flexibility index (Phi) is 2.11. The quantitative estimate of drug-likeness (QED) is 0.689. The lowest BCUT2D eigenvalue weighted by Crippen LogP contribution is -1.80. The summed E-state index contributed by atoms with van der Waals surface area (Å²) >= 11 is 0. The van der Waals surface area contributed by atoms with Gasteiger partial charge >= 0.3 is 0 Å². The van der Waals surface area contributed by atoms with Gasteiger partial charge in [0, 0.05) is 5.56 Å². The summed E-state index contributed by atoms with van der Waals surface area (Å²) in [6.07, 6.45) is 1.64. The highest BCUT2D eigenvalue weighted by atomic mass is 16.4. The van der Waals surface area contributed by atoms with E-state index in [1.165, 1.54) is 16.3 Å². The Balaban J connectivity index is 2.16. The highest BCUT2D eigenvalue weighted by Gasteiger charge is 2.04. The molecule has 3 nitrogen and oxygen atoms in total. The van der Waals surface area contributed by atoms with E-state index in [2.05, 4.69) is 42.2 Å². The van der Waals surface area contributed by atoms with Gasteiger partial charge < -0.3 is 10.2 Å². The van der Waals surface area contributed by atoms with Crippen molar-refractivity contribution in [2.45, 2.75) is 6.92 Å². The zero-order valence-electron chi connectivity index (χ0n) is 9.47. The molecule has 84 valence electrons. The monoisotopic (exact) mass is 224 g/mol. The first-order valence-corrected chi connectivity index (χ1v) is 5.44. The molecule has 1 heterocycles. The minimum Gasteiger partial charge on any atom is -0.424 e. The number of hydrogen-bond donors (Lipinski definition) is 1. The zero-order valence-corrected chi connectivity index (χ0v) is 9.47. The van der Waals surface area contributed by atoms with Crippen LogP contribution in [0.2, 0.25) is 0 Å². The molecule has 2 N–H and O–H groups in total. The van der Waals surface area contributed by atoms with E-state index in [1.807, 2.05) is 6.07 Å². The van der Waals surface area contributed by atoms with Crippen LogP contribution >= 0.6 is 0 Å². The topological polar surface area (TPSA) is 52.0 Å². The summed E-state index contributed by atoms with van der Waals surface area (Å²) in [4.78, 5) is 3.90. The molecule has 3 aromatic rings. The summed E-state index contributed by atoms with van der Waals surface area (Å²) in [5.74, 6) is 0.699. The second-order valence-corrected chi connectivity index (χ2v) is 4.13. The third-order valence-corrected chi connectivity index (χ3v) is 2.80. The third-order valence-electron chi connectivity index (χ3n) is 2.80. The molecule has 0 unspecified atom stereocenters. The minimum absolute atomic E-state index is 0.198. The van der Waals surface area contributed by atoms with Crippen molar-refractivity contribution in [1.82, 2.24) is 4.98 Å². The second kappa shape index (κ2) is 3.63. The summed E-state index contributed by atoms with van der Waals surface area (Å²) in [6, 6.07) is 12.7. The van der Waals surface area contributed by atoms with Crippen LogP contribution in [0.4, 0.5) is 6.01 Å². The van der Waals surface area contributed by atoms with Crippen molar-refractivity contribution < 1.29 is 4.42 Å². The molecule has 0 amide bonds. The van der Waals surface area contributed by atoms with E-state index in [9.17, 15) is 0 Å². The Labute approximate surface area is 98.9 Å². The maximum Gasteiger partial charge on any atom is 0.292 e. The molecule has 17 heavy (non-hydrogen) atoms. The molecule has 1 aromatic heterocycles. The molecule has 0 saturated heterocycles. The van der Waals surface area contributed by atoms with Crippen LogP contribution in [0.1, 0.15) is 5.56 Å². The van der Waals surface area contributed by atoms with Gasteiger partial charge in [-0.2, -0.15) is 0 Å². The molecule has 0 saturated carbocycles. The van der Waals surface area contributed by atoms with Crippen LogP contribution in [0.5, 0.6) is 0 Å². The van der Waals surface area contributed by atoms with Gasteiger partial charge in [0.1, 0.15) is 0 Å². The summed E-state index contributed by atoms with van der Waals surface area (Å²) < 4.78 is 5.31. The van der Waals surface area contributed by atoms with Gasteiger partial charge in [0.2, 0.25) is 0 Å². The standard InChI is InChI=1S/C14H12N2O/c1-9-2-3-11-7-12(5-4-10(11)6-9)13-8-16-14(15)17-13/h2-8H,1H3,(H2,15,16). The molecule has 3 heteroatoms. The number of oxazole rings is 1. The van der Waals surface area contributed by atoms with Gasteiger partial charge in [0.05, 0.1) is 6.20 Å². The summed E-state index contributed by atoms with van der Waals surface area (Å²) in [7, 11) is 0. The van der Waals surface area contributed by atoms with Crippen LogP contribution in [0.3, 0.4) is 0 Å². The number of benzene rings is 2. The van der Waals surface area contributed by atoms with E-state index in [0.717, 1.165) is 5.56 Å². The minimum atomic E-state index is 0.198. The maximum atomic E-state index is 5.47. The number of aromatic nitrogens is 1. The number of hydrogen-bond acceptors (Lipinski definition) is 3. The number of anilines is 1. The fourth-order valence-corrected chi connectivity index (χ4v) is 1.94. The fraction of sp³-hybridized carbons (Fsp3) is 0.0714. The van der Waals surface area contributed by atoms with Crippen LogP contribution < -0.4 is 5.73 Å². The Morgan fingerprint density at radius 1 is 1.06 bits per heavy atom. The number of rotatable bonds is 1. The van der Waals surface area contributed by atoms with E-state index < -0.39 is 0 Å². The SMILES string of the molecule is Cc1ccc2cc(-c3cnc(N)o3)ccc2c1. The van der Waals surface area contributed by atoms with Gasteiger partial charge in [0.25, 0.3) is 6.01 Å². The first kappa shape index (κ1) is 9.90. The Bertz CT molecular complexity index is 686. The van der Waals surface area contributed by atoms with E-state index in [4.69, 9.17) is 10.2 Å². The first-order chi connectivity index (χ1) is 8.22. The Morgan fingerprint density at radius 3 is 2.59 bits per heavy atom. The molecule has 0 bridgehead atoms. The molecule has 3 rings (SSSR count). The second-order valence-electron chi connectivity index (χ2n) is 4.13. The van der Waals surface area contributed by atoms with Crippen molar-refractivity contribution in [3.05, 3.63) is 48.2 Å². The predicted molar refractivity (Wildman–Crippen MR) is 68.6 cm³/mol. The molecule has 0 aliphatic carbocycles. The highest BCUT2D eigenvalue weighted by Crippen LogP contribution is 2.26. The smallest absolute Gasteiger partial charge is 0.292 e. The molecule has 0 radical (unpaired) electrons. The van der Waals surface area contributed by atoms with Crippen LogP contribution in [-0.2, 0) is 0 Å². The summed E-state index contributed by atoms with van der Waals surface area (Å²) in [5, 5.41) is 2.41. The van der Waals surface area contributed by atoms with Crippen molar-refractivity contribution in [2.75, 3.05) is 5.73 Å². The van der Waals surface area contributed by atoms with E-state index in [1.54, 1.807) is 6.20 Å². The van der Waals surface area contributed by atoms with Crippen molar-refractivity contribution in [2.24, 2.45) is 0 Å². The average Bonchev–Trinajstić information content (AvgIpc) is 2.75. The van der Waals surface area contributed by atoms with Crippen molar-refractivity contribution in [3.8, 4) is 11.3 Å². The lowest BCUT2D eigenvalue weighted by molar-refractivity contribution is 0.595. The van der Waals surface area contributed by atoms with E-state index in [-0.39, 0.29) is 6.01 Å². The van der Waals surface area contributed by atoms with E-state index in [0.29, 0.717) is 5.76 Å².